The van der Waals surface area contributed by atoms with E-state index in [9.17, 15) is 9.59 Å². The average molecular weight is 416 g/mol. The van der Waals surface area contributed by atoms with Gasteiger partial charge in [-0.05, 0) is 69.0 Å². The van der Waals surface area contributed by atoms with Crippen molar-refractivity contribution in [3.05, 3.63) is 34.9 Å². The van der Waals surface area contributed by atoms with Crippen molar-refractivity contribution in [2.75, 3.05) is 26.7 Å². The fourth-order valence-corrected chi connectivity index (χ4v) is 3.53. The lowest BCUT2D eigenvalue weighted by atomic mass is 9.95. The molecule has 5 nitrogen and oxygen atoms in total. The Morgan fingerprint density at radius 3 is 2.30 bits per heavy atom. The Bertz CT molecular complexity index is 600. The van der Waals surface area contributed by atoms with Crippen LogP contribution in [0.5, 0.6) is 0 Å². The average Bonchev–Trinajstić information content (AvgIpc) is 2.61. The van der Waals surface area contributed by atoms with Crippen molar-refractivity contribution in [3.63, 3.8) is 0 Å². The van der Waals surface area contributed by atoms with E-state index in [0.29, 0.717) is 28.8 Å². The molecule has 0 aliphatic carbocycles. The monoisotopic (exact) mass is 415 g/mol. The molecule has 27 heavy (non-hydrogen) atoms. The van der Waals surface area contributed by atoms with Crippen LogP contribution in [0.2, 0.25) is 5.02 Å². The van der Waals surface area contributed by atoms with E-state index in [1.165, 1.54) is 0 Å². The van der Waals surface area contributed by atoms with Crippen LogP contribution in [0.15, 0.2) is 24.3 Å². The molecule has 1 heterocycles. The van der Waals surface area contributed by atoms with Crippen LogP contribution in [0.25, 0.3) is 0 Å². The van der Waals surface area contributed by atoms with Gasteiger partial charge in [0, 0.05) is 23.7 Å². The molecule has 0 aromatic heterocycles. The number of nitrogens with one attached hydrogen (secondary N) is 2. The zero-order valence-corrected chi connectivity index (χ0v) is 17.9. The number of hydrogen-bond donors (Lipinski definition) is 2. The highest BCUT2D eigenvalue weighted by Gasteiger charge is 2.29. The summed E-state index contributed by atoms with van der Waals surface area (Å²) in [6, 6.07) is 6.24. The van der Waals surface area contributed by atoms with E-state index in [1.54, 1.807) is 24.3 Å². The normalized spacial score (nSPS) is 16.0. The van der Waals surface area contributed by atoms with E-state index in [1.807, 2.05) is 11.9 Å². The highest BCUT2D eigenvalue weighted by Crippen LogP contribution is 2.19. The predicted octanol–water partition coefficient (Wildman–Crippen LogP) is 3.36. The molecule has 2 amide bonds. The molecule has 0 bridgehead atoms. The van der Waals surface area contributed by atoms with Crippen molar-refractivity contribution in [1.29, 1.82) is 0 Å². The van der Waals surface area contributed by atoms with Crippen molar-refractivity contribution >= 4 is 35.8 Å². The van der Waals surface area contributed by atoms with Crippen LogP contribution >= 0.6 is 24.0 Å². The van der Waals surface area contributed by atoms with Crippen molar-refractivity contribution < 1.29 is 9.59 Å². The predicted molar refractivity (Wildman–Crippen MR) is 113 cm³/mol. The van der Waals surface area contributed by atoms with Crippen LogP contribution in [-0.2, 0) is 4.79 Å². The van der Waals surface area contributed by atoms with Crippen LogP contribution in [0.3, 0.4) is 0 Å². The van der Waals surface area contributed by atoms with E-state index in [4.69, 9.17) is 11.6 Å². The lowest BCUT2D eigenvalue weighted by molar-refractivity contribution is -0.135. The summed E-state index contributed by atoms with van der Waals surface area (Å²) in [5.41, 5.74) is 0.517. The lowest BCUT2D eigenvalue weighted by Gasteiger charge is -2.34. The first-order valence-corrected chi connectivity index (χ1v) is 9.78. The number of halogens is 2. The second-order valence-electron chi connectivity index (χ2n) is 7.49. The molecule has 0 radical (unpaired) electrons. The highest BCUT2D eigenvalue weighted by molar-refractivity contribution is 6.30. The Labute approximate surface area is 173 Å². The maximum atomic E-state index is 13.0. The molecule has 1 unspecified atom stereocenters. The minimum atomic E-state index is -0.487. The van der Waals surface area contributed by atoms with Crippen LogP contribution in [0.4, 0.5) is 0 Å². The fourth-order valence-electron chi connectivity index (χ4n) is 3.40. The Morgan fingerprint density at radius 1 is 1.19 bits per heavy atom. The van der Waals surface area contributed by atoms with Gasteiger partial charge in [0.25, 0.3) is 5.91 Å². The van der Waals surface area contributed by atoms with Crippen LogP contribution in [0.1, 0.15) is 43.5 Å². The topological polar surface area (TPSA) is 61.4 Å². The second kappa shape index (κ2) is 11.5. The smallest absolute Gasteiger partial charge is 0.251 e. The molecule has 152 valence electrons. The van der Waals surface area contributed by atoms with Gasteiger partial charge in [-0.1, -0.05) is 25.4 Å². The van der Waals surface area contributed by atoms with Gasteiger partial charge >= 0.3 is 0 Å². The van der Waals surface area contributed by atoms with E-state index < -0.39 is 6.04 Å². The summed E-state index contributed by atoms with van der Waals surface area (Å²) in [6.45, 7) is 6.64. The maximum absolute atomic E-state index is 13.0. The van der Waals surface area contributed by atoms with Gasteiger partial charge in [-0.15, -0.1) is 12.4 Å². The van der Waals surface area contributed by atoms with Gasteiger partial charge in [-0.25, -0.2) is 0 Å². The summed E-state index contributed by atoms with van der Waals surface area (Å²) in [4.78, 5) is 27.4. The first kappa shape index (κ1) is 23.7. The van der Waals surface area contributed by atoms with E-state index in [0.717, 1.165) is 32.5 Å². The number of carbonyl (C=O) groups is 2. The largest absolute Gasteiger partial charge is 0.341 e. The third kappa shape index (κ3) is 7.32. The molecule has 7 heteroatoms. The highest BCUT2D eigenvalue weighted by atomic mass is 35.5. The molecule has 1 aliphatic heterocycles. The van der Waals surface area contributed by atoms with Gasteiger partial charge in [0.15, 0.2) is 0 Å². The number of amides is 2. The van der Waals surface area contributed by atoms with Gasteiger partial charge in [0.2, 0.25) is 5.91 Å². The summed E-state index contributed by atoms with van der Waals surface area (Å²) in [7, 11) is 1.96. The molecule has 1 fully saturated rings. The quantitative estimate of drug-likeness (QED) is 0.717. The number of benzene rings is 1. The number of carbonyl (C=O) groups excluding carboxylic acids is 2. The Morgan fingerprint density at radius 2 is 1.78 bits per heavy atom. The van der Waals surface area contributed by atoms with Gasteiger partial charge in [0.1, 0.15) is 6.04 Å². The van der Waals surface area contributed by atoms with Crippen molar-refractivity contribution in [2.24, 2.45) is 11.8 Å². The molecule has 0 spiro atoms. The Balaban J connectivity index is 0.00000364. The minimum Gasteiger partial charge on any atom is -0.341 e. The van der Waals surface area contributed by atoms with Crippen LogP contribution in [0, 0.1) is 11.8 Å². The molecule has 1 aromatic carbocycles. The molecule has 1 aromatic rings. The zero-order chi connectivity index (χ0) is 19.1. The van der Waals surface area contributed by atoms with Crippen molar-refractivity contribution in [1.82, 2.24) is 15.5 Å². The Kier molecular flexibility index (Phi) is 10.1. The Hall–Kier alpha value is -1.30. The number of rotatable bonds is 7. The fraction of sp³-hybridized carbons (Fsp3) is 0.600. The van der Waals surface area contributed by atoms with E-state index in [-0.39, 0.29) is 24.2 Å². The first-order chi connectivity index (χ1) is 12.4. The van der Waals surface area contributed by atoms with Crippen molar-refractivity contribution in [3.8, 4) is 0 Å². The van der Waals surface area contributed by atoms with E-state index in [2.05, 4.69) is 24.5 Å². The first-order valence-electron chi connectivity index (χ1n) is 9.40. The molecular formula is C20H31Cl2N3O2. The summed E-state index contributed by atoms with van der Waals surface area (Å²) in [5.74, 6) is 0.738. The molecule has 2 N–H and O–H groups in total. The van der Waals surface area contributed by atoms with Crippen LogP contribution in [-0.4, -0.2) is 49.4 Å². The molecular weight excluding hydrogens is 385 g/mol. The third-order valence-corrected chi connectivity index (χ3v) is 5.09. The standard InChI is InChI=1S/C20H30ClN3O2.ClH/c1-14(2)12-18(23-19(25)16-4-6-17(21)7-5-16)20(26)24-10-8-15(9-11-24)13-22-3;/h4-7,14-15,18,22H,8-13H2,1-3H3,(H,23,25);1H. The molecule has 2 rings (SSSR count). The SMILES string of the molecule is CNCC1CCN(C(=O)C(CC(C)C)NC(=O)c2ccc(Cl)cc2)CC1.Cl. The number of nitrogens with zero attached hydrogens (tertiary/aromatic N) is 1. The number of piperidine rings is 1. The summed E-state index contributed by atoms with van der Waals surface area (Å²) >= 11 is 5.88. The van der Waals surface area contributed by atoms with Gasteiger partial charge in [-0.3, -0.25) is 9.59 Å². The maximum Gasteiger partial charge on any atom is 0.251 e. The molecule has 1 aliphatic rings. The van der Waals surface area contributed by atoms with Crippen LogP contribution < -0.4 is 10.6 Å². The molecule has 0 saturated carbocycles. The summed E-state index contributed by atoms with van der Waals surface area (Å²) in [6.07, 6.45) is 2.65. The summed E-state index contributed by atoms with van der Waals surface area (Å²) in [5, 5.41) is 6.72. The van der Waals surface area contributed by atoms with Gasteiger partial charge in [0.05, 0.1) is 0 Å². The van der Waals surface area contributed by atoms with E-state index >= 15 is 0 Å². The zero-order valence-electron chi connectivity index (χ0n) is 16.3. The van der Waals surface area contributed by atoms with Crippen molar-refractivity contribution in [2.45, 2.75) is 39.2 Å². The minimum absolute atomic E-state index is 0. The van der Waals surface area contributed by atoms with Gasteiger partial charge in [-0.2, -0.15) is 0 Å². The molecule has 1 atom stereocenters. The number of likely N-dealkylation sites (tertiary alicyclic amines) is 1. The number of hydrogen-bond acceptors (Lipinski definition) is 3. The third-order valence-electron chi connectivity index (χ3n) is 4.84. The molecule has 1 saturated heterocycles. The summed E-state index contributed by atoms with van der Waals surface area (Å²) < 4.78 is 0. The van der Waals surface area contributed by atoms with Gasteiger partial charge < -0.3 is 15.5 Å². The second-order valence-corrected chi connectivity index (χ2v) is 7.93. The lowest BCUT2D eigenvalue weighted by Crippen LogP contribution is -2.51.